The van der Waals surface area contributed by atoms with Gasteiger partial charge in [-0.3, -0.25) is 4.99 Å². The van der Waals surface area contributed by atoms with Gasteiger partial charge in [-0.2, -0.15) is 0 Å². The Bertz CT molecular complexity index is 267. The minimum absolute atomic E-state index is 0.973. The predicted octanol–water partition coefficient (Wildman–Crippen LogP) is 2.27. The summed E-state index contributed by atoms with van der Waals surface area (Å²) in [5.41, 5.74) is 2.57. The largest absolute Gasteiger partial charge is 0.289 e. The standard InChI is InChI=1S/C10H11N/c1-2-5-9-6-4-8-11-10(9)7-3-1/h1-3,5-6H,4,7-8H2. The van der Waals surface area contributed by atoms with Crippen molar-refractivity contribution in [2.75, 3.05) is 6.54 Å². The van der Waals surface area contributed by atoms with Crippen LogP contribution in [0.1, 0.15) is 12.8 Å². The van der Waals surface area contributed by atoms with Crippen LogP contribution < -0.4 is 0 Å². The van der Waals surface area contributed by atoms with Gasteiger partial charge in [-0.15, -0.1) is 0 Å². The zero-order valence-corrected chi connectivity index (χ0v) is 6.46. The van der Waals surface area contributed by atoms with E-state index < -0.39 is 0 Å². The molecular weight excluding hydrogens is 134 g/mol. The van der Waals surface area contributed by atoms with E-state index in [-0.39, 0.29) is 0 Å². The lowest BCUT2D eigenvalue weighted by molar-refractivity contribution is 0.978. The molecule has 0 unspecified atom stereocenters. The summed E-state index contributed by atoms with van der Waals surface area (Å²) in [6.07, 6.45) is 12.8. The maximum absolute atomic E-state index is 4.46. The van der Waals surface area contributed by atoms with Crippen molar-refractivity contribution < 1.29 is 0 Å². The van der Waals surface area contributed by atoms with Crippen LogP contribution in [0.3, 0.4) is 0 Å². The van der Waals surface area contributed by atoms with E-state index in [1.54, 1.807) is 0 Å². The first-order valence-electron chi connectivity index (χ1n) is 4.04. The molecule has 1 heterocycles. The summed E-state index contributed by atoms with van der Waals surface area (Å²) in [4.78, 5) is 4.46. The van der Waals surface area contributed by atoms with E-state index in [1.807, 2.05) is 0 Å². The van der Waals surface area contributed by atoms with Crippen LogP contribution in [0.15, 0.2) is 40.9 Å². The molecule has 0 fully saturated rings. The zero-order valence-electron chi connectivity index (χ0n) is 6.46. The van der Waals surface area contributed by atoms with Crippen molar-refractivity contribution in [2.45, 2.75) is 12.8 Å². The average molecular weight is 145 g/mol. The first-order chi connectivity index (χ1) is 5.47. The molecule has 1 aliphatic carbocycles. The maximum Gasteiger partial charge on any atom is 0.0455 e. The fourth-order valence-corrected chi connectivity index (χ4v) is 1.39. The first kappa shape index (κ1) is 6.59. The molecule has 0 saturated heterocycles. The highest BCUT2D eigenvalue weighted by Crippen LogP contribution is 2.14. The maximum atomic E-state index is 4.46. The van der Waals surface area contributed by atoms with Gasteiger partial charge in [0, 0.05) is 18.7 Å². The van der Waals surface area contributed by atoms with Gasteiger partial charge in [0.05, 0.1) is 0 Å². The summed E-state index contributed by atoms with van der Waals surface area (Å²) >= 11 is 0. The van der Waals surface area contributed by atoms with Crippen LogP contribution in [-0.2, 0) is 0 Å². The molecule has 0 amide bonds. The zero-order chi connectivity index (χ0) is 7.52. The Balaban J connectivity index is 2.34. The lowest BCUT2D eigenvalue weighted by Crippen LogP contribution is -2.04. The molecule has 0 spiro atoms. The van der Waals surface area contributed by atoms with Gasteiger partial charge in [0.2, 0.25) is 0 Å². The third kappa shape index (κ3) is 1.32. The summed E-state index contributed by atoms with van der Waals surface area (Å²) in [5, 5.41) is 0. The summed E-state index contributed by atoms with van der Waals surface area (Å²) in [7, 11) is 0. The Morgan fingerprint density at radius 3 is 3.27 bits per heavy atom. The Morgan fingerprint density at radius 1 is 1.27 bits per heavy atom. The van der Waals surface area contributed by atoms with Crippen molar-refractivity contribution in [3.05, 3.63) is 36.0 Å². The van der Waals surface area contributed by atoms with Crippen molar-refractivity contribution in [3.63, 3.8) is 0 Å². The van der Waals surface area contributed by atoms with Crippen LogP contribution in [0, 0.1) is 0 Å². The predicted molar refractivity (Wildman–Crippen MR) is 47.9 cm³/mol. The number of allylic oxidation sites excluding steroid dienone is 5. The molecule has 0 aromatic rings. The fraction of sp³-hybridized carbons (Fsp3) is 0.300. The van der Waals surface area contributed by atoms with Crippen molar-refractivity contribution in [3.8, 4) is 0 Å². The van der Waals surface area contributed by atoms with Gasteiger partial charge >= 0.3 is 0 Å². The normalized spacial score (nSPS) is 21.8. The van der Waals surface area contributed by atoms with E-state index in [4.69, 9.17) is 0 Å². The van der Waals surface area contributed by atoms with Crippen molar-refractivity contribution in [1.29, 1.82) is 0 Å². The van der Waals surface area contributed by atoms with Gasteiger partial charge in [0.25, 0.3) is 0 Å². The number of fused-ring (bicyclic) bond motifs is 1. The van der Waals surface area contributed by atoms with Crippen LogP contribution in [-0.4, -0.2) is 12.3 Å². The first-order valence-corrected chi connectivity index (χ1v) is 4.04. The minimum Gasteiger partial charge on any atom is -0.289 e. The molecule has 2 aliphatic rings. The van der Waals surface area contributed by atoms with Crippen LogP contribution >= 0.6 is 0 Å². The number of aliphatic imine (C=N–C) groups is 1. The van der Waals surface area contributed by atoms with Gasteiger partial charge < -0.3 is 0 Å². The molecular formula is C10H11N. The van der Waals surface area contributed by atoms with E-state index in [0.29, 0.717) is 0 Å². The number of hydrogen-bond donors (Lipinski definition) is 0. The van der Waals surface area contributed by atoms with Gasteiger partial charge in [-0.05, 0) is 12.0 Å². The lowest BCUT2D eigenvalue weighted by atomic mass is 10.0. The summed E-state index contributed by atoms with van der Waals surface area (Å²) in [5.74, 6) is 0. The topological polar surface area (TPSA) is 12.4 Å². The van der Waals surface area contributed by atoms with Crippen molar-refractivity contribution in [1.82, 2.24) is 0 Å². The highest BCUT2D eigenvalue weighted by Gasteiger charge is 2.06. The average Bonchev–Trinajstić information content (AvgIpc) is 2.28. The second-order valence-electron chi connectivity index (χ2n) is 2.77. The van der Waals surface area contributed by atoms with Crippen molar-refractivity contribution >= 4 is 5.71 Å². The van der Waals surface area contributed by atoms with Crippen molar-refractivity contribution in [2.24, 2.45) is 4.99 Å². The molecule has 1 heteroatoms. The van der Waals surface area contributed by atoms with E-state index in [9.17, 15) is 0 Å². The van der Waals surface area contributed by atoms with Crippen LogP contribution in [0.5, 0.6) is 0 Å². The summed E-state index contributed by atoms with van der Waals surface area (Å²) in [6.45, 7) is 0.973. The number of dihydropyridines is 1. The molecule has 0 bridgehead atoms. The molecule has 0 N–H and O–H groups in total. The number of hydrogen-bond acceptors (Lipinski definition) is 1. The highest BCUT2D eigenvalue weighted by atomic mass is 14.7. The quantitative estimate of drug-likeness (QED) is 0.496. The van der Waals surface area contributed by atoms with E-state index >= 15 is 0 Å². The molecule has 11 heavy (non-hydrogen) atoms. The minimum atomic E-state index is 0.973. The van der Waals surface area contributed by atoms with Gasteiger partial charge in [-0.1, -0.05) is 30.4 Å². The molecule has 0 aromatic heterocycles. The molecule has 0 saturated carbocycles. The van der Waals surface area contributed by atoms with Gasteiger partial charge in [-0.25, -0.2) is 0 Å². The second kappa shape index (κ2) is 2.87. The molecule has 1 aliphatic heterocycles. The molecule has 0 radical (unpaired) electrons. The van der Waals surface area contributed by atoms with E-state index in [0.717, 1.165) is 19.4 Å². The molecule has 2 rings (SSSR count). The van der Waals surface area contributed by atoms with Crippen LogP contribution in [0.2, 0.25) is 0 Å². The summed E-state index contributed by atoms with van der Waals surface area (Å²) in [6, 6.07) is 0. The third-order valence-electron chi connectivity index (χ3n) is 1.96. The summed E-state index contributed by atoms with van der Waals surface area (Å²) < 4.78 is 0. The SMILES string of the molecule is C1=CCC2=NCCC=C2C=C1. The molecule has 1 nitrogen and oxygen atoms in total. The van der Waals surface area contributed by atoms with Crippen LogP contribution in [0.4, 0.5) is 0 Å². The smallest absolute Gasteiger partial charge is 0.0455 e. The van der Waals surface area contributed by atoms with Gasteiger partial charge in [0.15, 0.2) is 0 Å². The van der Waals surface area contributed by atoms with E-state index in [1.165, 1.54) is 11.3 Å². The Kier molecular flexibility index (Phi) is 1.72. The lowest BCUT2D eigenvalue weighted by Gasteiger charge is -2.08. The Hall–Kier alpha value is -1.11. The highest BCUT2D eigenvalue weighted by molar-refractivity contribution is 6.04. The van der Waals surface area contributed by atoms with Gasteiger partial charge in [0.1, 0.15) is 0 Å². The monoisotopic (exact) mass is 145 g/mol. The number of nitrogens with zero attached hydrogens (tertiary/aromatic N) is 1. The Labute approximate surface area is 66.8 Å². The number of rotatable bonds is 0. The fourth-order valence-electron chi connectivity index (χ4n) is 1.39. The molecule has 56 valence electrons. The van der Waals surface area contributed by atoms with Crippen LogP contribution in [0.25, 0.3) is 0 Å². The van der Waals surface area contributed by atoms with E-state index in [2.05, 4.69) is 35.4 Å². The molecule has 0 atom stereocenters. The molecule has 0 aromatic carbocycles. The second-order valence-corrected chi connectivity index (χ2v) is 2.77. The third-order valence-corrected chi connectivity index (χ3v) is 1.96. The Morgan fingerprint density at radius 2 is 2.27 bits per heavy atom.